The molecule has 2 aromatic carbocycles. The molecule has 194 valence electrons. The molecular formula is C28H34N6O3. The topological polar surface area (TPSA) is 90.9 Å². The fourth-order valence-corrected chi connectivity index (χ4v) is 4.36. The molecule has 1 fully saturated rings. The van der Waals surface area contributed by atoms with Crippen molar-refractivity contribution in [1.82, 2.24) is 25.3 Å². The van der Waals surface area contributed by atoms with E-state index < -0.39 is 0 Å². The fraction of sp³-hybridized carbons (Fsp3) is 0.357. The number of hydrogen-bond donors (Lipinski definition) is 1. The van der Waals surface area contributed by atoms with E-state index in [1.54, 1.807) is 12.0 Å². The van der Waals surface area contributed by atoms with Crippen molar-refractivity contribution in [2.75, 3.05) is 51.3 Å². The molecule has 0 aliphatic carbocycles. The lowest BCUT2D eigenvalue weighted by Crippen LogP contribution is -2.47. The largest absolute Gasteiger partial charge is 0.497 e. The third-order valence-electron chi connectivity index (χ3n) is 6.35. The Morgan fingerprint density at radius 3 is 2.54 bits per heavy atom. The zero-order valence-electron chi connectivity index (χ0n) is 21.5. The average Bonchev–Trinajstić information content (AvgIpc) is 3.20. The van der Waals surface area contributed by atoms with E-state index >= 15 is 0 Å². The highest BCUT2D eigenvalue weighted by atomic mass is 16.5. The van der Waals surface area contributed by atoms with Crippen molar-refractivity contribution in [3.05, 3.63) is 72.3 Å². The second kappa shape index (κ2) is 12.7. The third kappa shape index (κ3) is 6.97. The Bertz CT molecular complexity index is 1170. The number of urea groups is 1. The summed E-state index contributed by atoms with van der Waals surface area (Å²) < 4.78 is 5.30. The molecule has 0 radical (unpaired) electrons. The van der Waals surface area contributed by atoms with Crippen molar-refractivity contribution in [2.24, 2.45) is 0 Å². The maximum absolute atomic E-state index is 13.2. The molecule has 1 aliphatic heterocycles. The van der Waals surface area contributed by atoms with Crippen LogP contribution < -0.4 is 15.0 Å². The van der Waals surface area contributed by atoms with E-state index in [1.807, 2.05) is 78.6 Å². The molecule has 0 unspecified atom stereocenters. The van der Waals surface area contributed by atoms with Crippen LogP contribution in [0.15, 0.2) is 66.7 Å². The fourth-order valence-electron chi connectivity index (χ4n) is 4.36. The molecule has 1 N–H and O–H groups in total. The smallest absolute Gasteiger partial charge is 0.318 e. The van der Waals surface area contributed by atoms with E-state index in [1.165, 1.54) is 0 Å². The van der Waals surface area contributed by atoms with Crippen LogP contribution in [0.5, 0.6) is 5.75 Å². The van der Waals surface area contributed by atoms with Crippen molar-refractivity contribution in [1.29, 1.82) is 0 Å². The SMILES string of the molecule is CCNC(=O)N(CC(=O)N1CCCN(c2ccc(-c3cccc(OC)c3)nn2)CC1)Cc1ccccc1. The summed E-state index contributed by atoms with van der Waals surface area (Å²) in [4.78, 5) is 31.4. The highest BCUT2D eigenvalue weighted by molar-refractivity contribution is 5.84. The third-order valence-corrected chi connectivity index (χ3v) is 6.35. The molecule has 1 saturated heterocycles. The van der Waals surface area contributed by atoms with Gasteiger partial charge in [0.05, 0.1) is 12.8 Å². The van der Waals surface area contributed by atoms with Crippen LogP contribution in [0.25, 0.3) is 11.3 Å². The van der Waals surface area contributed by atoms with E-state index in [9.17, 15) is 9.59 Å². The summed E-state index contributed by atoms with van der Waals surface area (Å²) in [6.45, 7) is 5.43. The summed E-state index contributed by atoms with van der Waals surface area (Å²) in [5.74, 6) is 1.51. The lowest BCUT2D eigenvalue weighted by molar-refractivity contribution is -0.131. The van der Waals surface area contributed by atoms with Crippen LogP contribution in [0.1, 0.15) is 18.9 Å². The van der Waals surface area contributed by atoms with Gasteiger partial charge in [0.2, 0.25) is 5.91 Å². The Morgan fingerprint density at radius 2 is 1.81 bits per heavy atom. The van der Waals surface area contributed by atoms with Gasteiger partial charge in [-0.25, -0.2) is 4.79 Å². The highest BCUT2D eigenvalue weighted by Gasteiger charge is 2.24. The first-order valence-corrected chi connectivity index (χ1v) is 12.6. The van der Waals surface area contributed by atoms with E-state index in [0.717, 1.165) is 41.4 Å². The number of carbonyl (C=O) groups excluding carboxylic acids is 2. The summed E-state index contributed by atoms with van der Waals surface area (Å²) in [6.07, 6.45) is 0.810. The minimum Gasteiger partial charge on any atom is -0.497 e. The van der Waals surface area contributed by atoms with Gasteiger partial charge in [-0.15, -0.1) is 10.2 Å². The summed E-state index contributed by atoms with van der Waals surface area (Å²) >= 11 is 0. The molecule has 1 aromatic heterocycles. The monoisotopic (exact) mass is 502 g/mol. The van der Waals surface area contributed by atoms with Gasteiger partial charge in [-0.2, -0.15) is 0 Å². The van der Waals surface area contributed by atoms with Gasteiger partial charge in [0, 0.05) is 44.8 Å². The van der Waals surface area contributed by atoms with Gasteiger partial charge in [-0.05, 0) is 43.2 Å². The predicted octanol–water partition coefficient (Wildman–Crippen LogP) is 3.42. The van der Waals surface area contributed by atoms with Gasteiger partial charge in [-0.3, -0.25) is 4.79 Å². The maximum atomic E-state index is 13.2. The highest BCUT2D eigenvalue weighted by Crippen LogP contribution is 2.23. The van der Waals surface area contributed by atoms with Crippen molar-refractivity contribution in [2.45, 2.75) is 19.9 Å². The first-order chi connectivity index (χ1) is 18.1. The zero-order valence-corrected chi connectivity index (χ0v) is 21.5. The van der Waals surface area contributed by atoms with Gasteiger partial charge < -0.3 is 24.8 Å². The quantitative estimate of drug-likeness (QED) is 0.508. The number of hydrogen-bond acceptors (Lipinski definition) is 6. The molecule has 1 aliphatic rings. The number of rotatable bonds is 8. The number of nitrogens with zero attached hydrogens (tertiary/aromatic N) is 5. The van der Waals surface area contributed by atoms with Crippen LogP contribution >= 0.6 is 0 Å². The summed E-state index contributed by atoms with van der Waals surface area (Å²) in [6, 6.07) is 21.1. The minimum atomic E-state index is -0.234. The zero-order chi connectivity index (χ0) is 26.0. The van der Waals surface area contributed by atoms with Crippen molar-refractivity contribution < 1.29 is 14.3 Å². The molecule has 4 rings (SSSR count). The van der Waals surface area contributed by atoms with Crippen LogP contribution in [0.4, 0.5) is 10.6 Å². The summed E-state index contributed by atoms with van der Waals surface area (Å²) in [5.41, 5.74) is 2.70. The molecule has 9 heteroatoms. The first-order valence-electron chi connectivity index (χ1n) is 12.6. The maximum Gasteiger partial charge on any atom is 0.318 e. The van der Waals surface area contributed by atoms with Gasteiger partial charge in [0.1, 0.15) is 12.3 Å². The van der Waals surface area contributed by atoms with Gasteiger partial charge in [-0.1, -0.05) is 42.5 Å². The minimum absolute atomic E-state index is 0.0375. The molecule has 0 bridgehead atoms. The first kappa shape index (κ1) is 25.9. The van der Waals surface area contributed by atoms with E-state index in [4.69, 9.17) is 4.74 Å². The lowest BCUT2D eigenvalue weighted by Gasteiger charge is -2.27. The molecule has 0 spiro atoms. The number of anilines is 1. The molecule has 3 amide bonds. The molecule has 0 atom stereocenters. The molecule has 0 saturated carbocycles. The molecule has 37 heavy (non-hydrogen) atoms. The Morgan fingerprint density at radius 1 is 0.973 bits per heavy atom. The van der Waals surface area contributed by atoms with Crippen LogP contribution in [-0.4, -0.2) is 78.3 Å². The second-order valence-corrected chi connectivity index (χ2v) is 8.91. The standard InChI is InChI=1S/C28H34N6O3/c1-3-29-28(36)34(20-22-9-5-4-6-10-22)21-27(35)33-16-8-15-32(17-18-33)26-14-13-25(30-31-26)23-11-7-12-24(19-23)37-2/h4-7,9-14,19H,3,8,15-18,20-21H2,1-2H3,(H,29,36). The molecule has 2 heterocycles. The second-order valence-electron chi connectivity index (χ2n) is 8.91. The van der Waals surface area contributed by atoms with Gasteiger partial charge >= 0.3 is 6.03 Å². The van der Waals surface area contributed by atoms with Crippen LogP contribution in [0.2, 0.25) is 0 Å². The van der Waals surface area contributed by atoms with Crippen molar-refractivity contribution in [3.8, 4) is 17.0 Å². The Hall–Kier alpha value is -4.14. The van der Waals surface area contributed by atoms with Gasteiger partial charge in [0.25, 0.3) is 0 Å². The van der Waals surface area contributed by atoms with Crippen LogP contribution in [0, 0.1) is 0 Å². The number of carbonyl (C=O) groups is 2. The summed E-state index contributed by atoms with van der Waals surface area (Å²) in [5, 5.41) is 11.7. The Balaban J connectivity index is 1.37. The van der Waals surface area contributed by atoms with Crippen LogP contribution in [-0.2, 0) is 11.3 Å². The lowest BCUT2D eigenvalue weighted by atomic mass is 10.1. The van der Waals surface area contributed by atoms with Crippen LogP contribution in [0.3, 0.4) is 0 Å². The molecular weight excluding hydrogens is 468 g/mol. The van der Waals surface area contributed by atoms with Crippen molar-refractivity contribution >= 4 is 17.8 Å². The average molecular weight is 503 g/mol. The number of nitrogens with one attached hydrogen (secondary N) is 1. The number of methoxy groups -OCH3 is 1. The number of amides is 3. The van der Waals surface area contributed by atoms with Crippen molar-refractivity contribution in [3.63, 3.8) is 0 Å². The molecule has 3 aromatic rings. The van der Waals surface area contributed by atoms with E-state index in [2.05, 4.69) is 20.4 Å². The Kier molecular flexibility index (Phi) is 8.91. The normalized spacial score (nSPS) is 13.6. The predicted molar refractivity (Wildman–Crippen MR) is 143 cm³/mol. The summed E-state index contributed by atoms with van der Waals surface area (Å²) in [7, 11) is 1.64. The molecule has 9 nitrogen and oxygen atoms in total. The van der Waals surface area contributed by atoms with E-state index in [-0.39, 0.29) is 18.5 Å². The number of aromatic nitrogens is 2. The Labute approximate surface area is 218 Å². The van der Waals surface area contributed by atoms with Gasteiger partial charge in [0.15, 0.2) is 5.82 Å². The number of ether oxygens (including phenoxy) is 1. The number of benzene rings is 2. The van der Waals surface area contributed by atoms with E-state index in [0.29, 0.717) is 32.7 Å².